The number of hydrogen-bond acceptors (Lipinski definition) is 4. The topological polar surface area (TPSA) is 79.4 Å². The Labute approximate surface area is 162 Å². The molecule has 2 aromatic heterocycles. The number of pyridine rings is 1. The van der Waals surface area contributed by atoms with Crippen molar-refractivity contribution in [2.45, 2.75) is 24.9 Å². The summed E-state index contributed by atoms with van der Waals surface area (Å²) in [5, 5.41) is 8.65. The van der Waals surface area contributed by atoms with Crippen molar-refractivity contribution in [2.75, 3.05) is 5.32 Å². The van der Waals surface area contributed by atoms with Gasteiger partial charge in [0, 0.05) is 41.3 Å². The predicted molar refractivity (Wildman–Crippen MR) is 106 cm³/mol. The van der Waals surface area contributed by atoms with Gasteiger partial charge in [-0.15, -0.1) is 0 Å². The third kappa shape index (κ3) is 2.06. The Balaban J connectivity index is 1.35. The van der Waals surface area contributed by atoms with Crippen molar-refractivity contribution < 1.29 is 9.63 Å². The summed E-state index contributed by atoms with van der Waals surface area (Å²) in [5.41, 5.74) is 2.69. The molecule has 2 aliphatic carbocycles. The molecule has 3 heterocycles. The molecule has 6 nitrogen and oxygen atoms in total. The summed E-state index contributed by atoms with van der Waals surface area (Å²) in [7, 11) is 0. The number of amides is 1. The molecule has 1 aliphatic heterocycles. The first kappa shape index (κ1) is 15.9. The molecule has 1 amide bonds. The maximum atomic E-state index is 13.5. The second kappa shape index (κ2) is 5.67. The highest BCUT2D eigenvalue weighted by Crippen LogP contribution is 2.60. The fourth-order valence-corrected chi connectivity index (χ4v) is 5.52. The van der Waals surface area contributed by atoms with E-state index in [1.807, 2.05) is 42.6 Å². The van der Waals surface area contributed by atoms with E-state index in [0.29, 0.717) is 5.92 Å². The summed E-state index contributed by atoms with van der Waals surface area (Å²) in [6, 6.07) is 11.8. The van der Waals surface area contributed by atoms with Gasteiger partial charge in [0.15, 0.2) is 0 Å². The second-order valence-corrected chi connectivity index (χ2v) is 8.08. The Morgan fingerprint density at radius 2 is 2.21 bits per heavy atom. The van der Waals surface area contributed by atoms with E-state index >= 15 is 0 Å². The van der Waals surface area contributed by atoms with E-state index in [-0.39, 0.29) is 17.7 Å². The molecule has 6 rings (SSSR count). The van der Waals surface area contributed by atoms with Crippen LogP contribution in [-0.2, 0) is 9.63 Å². The van der Waals surface area contributed by atoms with E-state index in [9.17, 15) is 4.79 Å². The standard InChI is InChI=1S/C22H20N4O2/c27-21(25-17-6-4-13-7-9-24-18(13)11-17)22-16-5-3-14(10-16)19(22)20(26-28-22)15-2-1-8-23-12-15/h1-2,4,6-9,11-12,14,16,19,24H,3,5,10H2,(H,25,27). The van der Waals surface area contributed by atoms with Crippen LogP contribution >= 0.6 is 0 Å². The van der Waals surface area contributed by atoms with Gasteiger partial charge in [0.25, 0.3) is 5.91 Å². The van der Waals surface area contributed by atoms with Crippen molar-refractivity contribution >= 4 is 28.2 Å². The Kier molecular flexibility index (Phi) is 3.21. The van der Waals surface area contributed by atoms with Crippen LogP contribution in [0.4, 0.5) is 5.69 Å². The fourth-order valence-electron chi connectivity index (χ4n) is 5.52. The highest BCUT2D eigenvalue weighted by atomic mass is 16.7. The quantitative estimate of drug-likeness (QED) is 0.735. The largest absolute Gasteiger partial charge is 0.378 e. The number of carbonyl (C=O) groups excluding carboxylic acids is 1. The molecule has 4 atom stereocenters. The molecule has 3 aliphatic rings. The first-order valence-corrected chi connectivity index (χ1v) is 9.81. The zero-order chi connectivity index (χ0) is 18.7. The Morgan fingerprint density at radius 1 is 1.25 bits per heavy atom. The van der Waals surface area contributed by atoms with Crippen LogP contribution < -0.4 is 5.32 Å². The van der Waals surface area contributed by atoms with Gasteiger partial charge in [0.1, 0.15) is 0 Å². The minimum absolute atomic E-state index is 0.00957. The van der Waals surface area contributed by atoms with E-state index in [1.54, 1.807) is 12.4 Å². The fraction of sp³-hybridized carbons (Fsp3) is 0.318. The number of nitrogens with zero attached hydrogens (tertiary/aromatic N) is 2. The molecule has 3 aromatic rings. The van der Waals surface area contributed by atoms with Crippen LogP contribution in [0, 0.1) is 17.8 Å². The first-order chi connectivity index (χ1) is 13.8. The summed E-state index contributed by atoms with van der Waals surface area (Å²) < 4.78 is 0. The maximum absolute atomic E-state index is 13.5. The summed E-state index contributed by atoms with van der Waals surface area (Å²) in [6.07, 6.45) is 8.61. The highest BCUT2D eigenvalue weighted by molar-refractivity contribution is 6.10. The van der Waals surface area contributed by atoms with Crippen LogP contribution in [0.15, 0.2) is 60.1 Å². The van der Waals surface area contributed by atoms with Crippen molar-refractivity contribution in [3.8, 4) is 0 Å². The van der Waals surface area contributed by atoms with E-state index < -0.39 is 5.60 Å². The van der Waals surface area contributed by atoms with Crippen molar-refractivity contribution in [3.63, 3.8) is 0 Å². The van der Waals surface area contributed by atoms with Gasteiger partial charge in [-0.05, 0) is 60.9 Å². The number of aromatic amines is 1. The number of benzene rings is 1. The van der Waals surface area contributed by atoms with Gasteiger partial charge >= 0.3 is 0 Å². The summed E-state index contributed by atoms with van der Waals surface area (Å²) in [4.78, 5) is 27.0. The van der Waals surface area contributed by atoms with Gasteiger partial charge in [-0.25, -0.2) is 0 Å². The van der Waals surface area contributed by atoms with Gasteiger partial charge in [0.2, 0.25) is 5.60 Å². The number of hydrogen-bond donors (Lipinski definition) is 2. The van der Waals surface area contributed by atoms with Crippen LogP contribution in [0.1, 0.15) is 24.8 Å². The summed E-state index contributed by atoms with van der Waals surface area (Å²) in [5.74, 6) is 0.542. The molecular weight excluding hydrogens is 352 g/mol. The highest BCUT2D eigenvalue weighted by Gasteiger charge is 2.69. The number of rotatable bonds is 3. The average Bonchev–Trinajstić information content (AvgIpc) is 3.48. The predicted octanol–water partition coefficient (Wildman–Crippen LogP) is 3.72. The Bertz CT molecular complexity index is 1110. The Hall–Kier alpha value is -3.15. The number of nitrogens with one attached hydrogen (secondary N) is 2. The zero-order valence-electron chi connectivity index (χ0n) is 15.3. The molecule has 4 unspecified atom stereocenters. The molecule has 0 saturated heterocycles. The van der Waals surface area contributed by atoms with Crippen molar-refractivity contribution in [1.82, 2.24) is 9.97 Å². The molecule has 6 heteroatoms. The number of aromatic nitrogens is 2. The minimum Gasteiger partial charge on any atom is -0.378 e. The lowest BCUT2D eigenvalue weighted by Gasteiger charge is -2.35. The van der Waals surface area contributed by atoms with E-state index in [1.165, 1.54) is 0 Å². The number of oxime groups is 1. The lowest BCUT2D eigenvalue weighted by Crippen LogP contribution is -2.53. The molecule has 2 fully saturated rings. The van der Waals surface area contributed by atoms with Crippen LogP contribution in [0.3, 0.4) is 0 Å². The molecule has 0 spiro atoms. The van der Waals surface area contributed by atoms with Crippen LogP contribution in [0.2, 0.25) is 0 Å². The lowest BCUT2D eigenvalue weighted by molar-refractivity contribution is -0.149. The van der Waals surface area contributed by atoms with Crippen LogP contribution in [-0.4, -0.2) is 27.2 Å². The Morgan fingerprint density at radius 3 is 3.11 bits per heavy atom. The number of anilines is 1. The van der Waals surface area contributed by atoms with E-state index in [0.717, 1.165) is 47.1 Å². The maximum Gasteiger partial charge on any atom is 0.272 e. The lowest BCUT2D eigenvalue weighted by atomic mass is 9.72. The van der Waals surface area contributed by atoms with E-state index in [4.69, 9.17) is 4.84 Å². The molecular formula is C22H20N4O2. The normalized spacial score (nSPS) is 30.1. The van der Waals surface area contributed by atoms with Crippen molar-refractivity contribution in [1.29, 1.82) is 0 Å². The van der Waals surface area contributed by atoms with Crippen molar-refractivity contribution in [2.24, 2.45) is 22.9 Å². The van der Waals surface area contributed by atoms with Crippen molar-refractivity contribution in [3.05, 3.63) is 60.6 Å². The molecule has 28 heavy (non-hydrogen) atoms. The smallest absolute Gasteiger partial charge is 0.272 e. The number of carbonyl (C=O) groups is 1. The molecule has 0 radical (unpaired) electrons. The van der Waals surface area contributed by atoms with Gasteiger partial charge < -0.3 is 15.1 Å². The SMILES string of the molecule is O=C(Nc1ccc2cc[nH]c2c1)C12ON=C(c3cccnc3)C1C1CCC2C1. The van der Waals surface area contributed by atoms with Gasteiger partial charge in [-0.3, -0.25) is 9.78 Å². The number of fused-ring (bicyclic) bond motifs is 6. The molecule has 2 N–H and O–H groups in total. The van der Waals surface area contributed by atoms with Gasteiger partial charge in [-0.2, -0.15) is 0 Å². The van der Waals surface area contributed by atoms with E-state index in [2.05, 4.69) is 20.4 Å². The second-order valence-electron chi connectivity index (χ2n) is 8.08. The van der Waals surface area contributed by atoms with Gasteiger partial charge in [-0.1, -0.05) is 11.2 Å². The molecule has 140 valence electrons. The third-order valence-electron chi connectivity index (χ3n) is 6.73. The summed E-state index contributed by atoms with van der Waals surface area (Å²) in [6.45, 7) is 0. The monoisotopic (exact) mass is 372 g/mol. The molecule has 2 saturated carbocycles. The zero-order valence-corrected chi connectivity index (χ0v) is 15.3. The average molecular weight is 372 g/mol. The molecule has 1 aromatic carbocycles. The van der Waals surface area contributed by atoms with Gasteiger partial charge in [0.05, 0.1) is 11.6 Å². The van der Waals surface area contributed by atoms with Crippen LogP contribution in [0.5, 0.6) is 0 Å². The molecule has 2 bridgehead atoms. The minimum atomic E-state index is -0.904. The third-order valence-corrected chi connectivity index (χ3v) is 6.73. The number of H-pyrrole nitrogens is 1. The van der Waals surface area contributed by atoms with Crippen LogP contribution in [0.25, 0.3) is 10.9 Å². The first-order valence-electron chi connectivity index (χ1n) is 9.81. The summed E-state index contributed by atoms with van der Waals surface area (Å²) >= 11 is 0.